The minimum atomic E-state index is -0.288. The van der Waals surface area contributed by atoms with Crippen LogP contribution in [0.4, 0.5) is 0 Å². The third-order valence-electron chi connectivity index (χ3n) is 3.65. The van der Waals surface area contributed by atoms with E-state index >= 15 is 0 Å². The second-order valence-electron chi connectivity index (χ2n) is 5.54. The van der Waals surface area contributed by atoms with Crippen molar-refractivity contribution < 1.29 is 9.53 Å². The van der Waals surface area contributed by atoms with E-state index in [1.165, 1.54) is 22.9 Å². The Balaban J connectivity index is 2.02. The summed E-state index contributed by atoms with van der Waals surface area (Å²) in [4.78, 5) is 12.1. The highest BCUT2D eigenvalue weighted by molar-refractivity contribution is 8.00. The second-order valence-corrected chi connectivity index (χ2v) is 6.85. The van der Waals surface area contributed by atoms with Crippen molar-refractivity contribution in [3.8, 4) is 5.69 Å². The van der Waals surface area contributed by atoms with E-state index < -0.39 is 0 Å². The number of amides is 1. The Morgan fingerprint density at radius 1 is 1.38 bits per heavy atom. The molecule has 2 aromatic rings. The maximum absolute atomic E-state index is 12.1. The number of carbonyl (C=O) groups is 1. The fourth-order valence-electron chi connectivity index (χ4n) is 2.06. The average Bonchev–Trinajstić information content (AvgIpc) is 3.02. The van der Waals surface area contributed by atoms with E-state index in [0.29, 0.717) is 18.3 Å². The van der Waals surface area contributed by atoms with Crippen molar-refractivity contribution in [1.82, 2.24) is 25.5 Å². The molecule has 0 aliphatic heterocycles. The molecule has 0 fully saturated rings. The number of benzene rings is 1. The lowest BCUT2D eigenvalue weighted by atomic mass is 10.1. The summed E-state index contributed by atoms with van der Waals surface area (Å²) in [6, 6.07) is 6.04. The van der Waals surface area contributed by atoms with Crippen molar-refractivity contribution in [3.05, 3.63) is 29.3 Å². The molecule has 130 valence electrons. The summed E-state index contributed by atoms with van der Waals surface area (Å²) in [5.74, 6) is -0.0364. The molecule has 0 aliphatic carbocycles. The number of tetrazole rings is 1. The average molecular weight is 349 g/mol. The van der Waals surface area contributed by atoms with Crippen molar-refractivity contribution in [2.45, 2.75) is 37.6 Å². The van der Waals surface area contributed by atoms with Crippen molar-refractivity contribution in [2.75, 3.05) is 20.3 Å². The van der Waals surface area contributed by atoms with Gasteiger partial charge in [0, 0.05) is 20.3 Å². The van der Waals surface area contributed by atoms with Crippen LogP contribution in [0.2, 0.25) is 0 Å². The SMILES string of the molecule is COCCCNC(=O)C(C)Sc1nnnn1-c1ccc(C)c(C)c1. The number of hydrogen-bond donors (Lipinski definition) is 1. The van der Waals surface area contributed by atoms with Gasteiger partial charge in [-0.15, -0.1) is 5.10 Å². The molecule has 0 aliphatic rings. The summed E-state index contributed by atoms with van der Waals surface area (Å²) in [5, 5.41) is 15.0. The van der Waals surface area contributed by atoms with Gasteiger partial charge >= 0.3 is 0 Å². The number of nitrogens with zero attached hydrogens (tertiary/aromatic N) is 4. The highest BCUT2D eigenvalue weighted by Gasteiger charge is 2.19. The molecule has 0 spiro atoms. The number of rotatable bonds is 8. The van der Waals surface area contributed by atoms with E-state index in [0.717, 1.165) is 12.1 Å². The van der Waals surface area contributed by atoms with Gasteiger partial charge in [-0.1, -0.05) is 17.8 Å². The molecule has 1 heterocycles. The number of thioether (sulfide) groups is 1. The molecule has 0 bridgehead atoms. The molecule has 2 rings (SSSR count). The first-order chi connectivity index (χ1) is 11.5. The van der Waals surface area contributed by atoms with Gasteiger partial charge in [0.15, 0.2) is 0 Å². The van der Waals surface area contributed by atoms with E-state index in [2.05, 4.69) is 27.8 Å². The number of aryl methyl sites for hydroxylation is 2. The Kier molecular flexibility index (Phi) is 6.74. The topological polar surface area (TPSA) is 81.9 Å². The number of aromatic nitrogens is 4. The molecule has 1 aromatic heterocycles. The van der Waals surface area contributed by atoms with E-state index in [1.54, 1.807) is 11.8 Å². The minimum Gasteiger partial charge on any atom is -0.385 e. The summed E-state index contributed by atoms with van der Waals surface area (Å²) in [6.45, 7) is 7.18. The summed E-state index contributed by atoms with van der Waals surface area (Å²) in [5.41, 5.74) is 3.27. The molecule has 1 aromatic carbocycles. The number of ether oxygens (including phenoxy) is 1. The highest BCUT2D eigenvalue weighted by Crippen LogP contribution is 2.23. The molecular formula is C16H23N5O2S. The molecule has 8 heteroatoms. The van der Waals surface area contributed by atoms with Crippen molar-refractivity contribution in [1.29, 1.82) is 0 Å². The Bertz CT molecular complexity index is 689. The van der Waals surface area contributed by atoms with Gasteiger partial charge in [0.05, 0.1) is 10.9 Å². The van der Waals surface area contributed by atoms with Crippen molar-refractivity contribution >= 4 is 17.7 Å². The van der Waals surface area contributed by atoms with E-state index in [1.807, 2.05) is 32.0 Å². The van der Waals surface area contributed by atoms with Gasteiger partial charge in [0.25, 0.3) is 0 Å². The lowest BCUT2D eigenvalue weighted by Crippen LogP contribution is -2.32. The van der Waals surface area contributed by atoms with Crippen LogP contribution in [0, 0.1) is 13.8 Å². The minimum absolute atomic E-state index is 0.0364. The van der Waals surface area contributed by atoms with Crippen LogP contribution < -0.4 is 5.32 Å². The van der Waals surface area contributed by atoms with Crippen LogP contribution >= 0.6 is 11.8 Å². The largest absolute Gasteiger partial charge is 0.385 e. The lowest BCUT2D eigenvalue weighted by molar-refractivity contribution is -0.120. The van der Waals surface area contributed by atoms with Gasteiger partial charge < -0.3 is 10.1 Å². The van der Waals surface area contributed by atoms with Gasteiger partial charge in [-0.25, -0.2) is 0 Å². The third kappa shape index (κ3) is 4.78. The first kappa shape index (κ1) is 18.4. The van der Waals surface area contributed by atoms with E-state index in [4.69, 9.17) is 4.74 Å². The Labute approximate surface area is 146 Å². The number of hydrogen-bond acceptors (Lipinski definition) is 6. The van der Waals surface area contributed by atoms with Crippen LogP contribution in [0.5, 0.6) is 0 Å². The predicted molar refractivity (Wildman–Crippen MR) is 93.4 cm³/mol. The zero-order valence-electron chi connectivity index (χ0n) is 14.4. The quantitative estimate of drug-likeness (QED) is 0.579. The number of nitrogens with one attached hydrogen (secondary N) is 1. The summed E-state index contributed by atoms with van der Waals surface area (Å²) in [6.07, 6.45) is 0.792. The zero-order valence-corrected chi connectivity index (χ0v) is 15.3. The van der Waals surface area contributed by atoms with Crippen molar-refractivity contribution in [2.24, 2.45) is 0 Å². The van der Waals surface area contributed by atoms with Crippen LogP contribution in [0.15, 0.2) is 23.4 Å². The molecule has 1 atom stereocenters. The van der Waals surface area contributed by atoms with Gasteiger partial charge in [-0.2, -0.15) is 4.68 Å². The fraction of sp³-hybridized carbons (Fsp3) is 0.500. The van der Waals surface area contributed by atoms with Gasteiger partial charge in [-0.05, 0) is 60.9 Å². The first-order valence-corrected chi connectivity index (χ1v) is 8.70. The van der Waals surface area contributed by atoms with Crippen LogP contribution in [0.3, 0.4) is 0 Å². The molecule has 1 unspecified atom stereocenters. The maximum atomic E-state index is 12.1. The zero-order chi connectivity index (χ0) is 17.5. The molecule has 1 N–H and O–H groups in total. The van der Waals surface area contributed by atoms with Gasteiger partial charge in [0.2, 0.25) is 11.1 Å². The van der Waals surface area contributed by atoms with Crippen molar-refractivity contribution in [3.63, 3.8) is 0 Å². The Hall–Kier alpha value is -1.93. The van der Waals surface area contributed by atoms with Crippen LogP contribution in [-0.4, -0.2) is 51.6 Å². The summed E-state index contributed by atoms with van der Waals surface area (Å²) >= 11 is 1.34. The third-order valence-corrected chi connectivity index (χ3v) is 4.68. The molecule has 0 radical (unpaired) electrons. The van der Waals surface area contributed by atoms with Crippen LogP contribution in [-0.2, 0) is 9.53 Å². The number of carbonyl (C=O) groups excluding carboxylic acids is 1. The monoisotopic (exact) mass is 349 g/mol. The maximum Gasteiger partial charge on any atom is 0.233 e. The lowest BCUT2D eigenvalue weighted by Gasteiger charge is -2.12. The predicted octanol–water partition coefficient (Wildman–Crippen LogP) is 1.91. The summed E-state index contributed by atoms with van der Waals surface area (Å²) in [7, 11) is 1.65. The van der Waals surface area contributed by atoms with Crippen LogP contribution in [0.1, 0.15) is 24.5 Å². The van der Waals surface area contributed by atoms with Crippen LogP contribution in [0.25, 0.3) is 5.69 Å². The number of methoxy groups -OCH3 is 1. The van der Waals surface area contributed by atoms with Gasteiger partial charge in [0.1, 0.15) is 0 Å². The van der Waals surface area contributed by atoms with Gasteiger partial charge in [-0.3, -0.25) is 4.79 Å². The van der Waals surface area contributed by atoms with E-state index in [9.17, 15) is 4.79 Å². The molecule has 0 saturated carbocycles. The highest BCUT2D eigenvalue weighted by atomic mass is 32.2. The molecular weight excluding hydrogens is 326 g/mol. The Morgan fingerprint density at radius 2 is 2.17 bits per heavy atom. The van der Waals surface area contributed by atoms with E-state index in [-0.39, 0.29) is 11.2 Å². The molecule has 0 saturated heterocycles. The first-order valence-electron chi connectivity index (χ1n) is 7.82. The molecule has 7 nitrogen and oxygen atoms in total. The molecule has 24 heavy (non-hydrogen) atoms. The Morgan fingerprint density at radius 3 is 2.88 bits per heavy atom. The smallest absolute Gasteiger partial charge is 0.233 e. The molecule has 1 amide bonds. The summed E-state index contributed by atoms with van der Waals surface area (Å²) < 4.78 is 6.62. The second kappa shape index (κ2) is 8.79. The standard InChI is InChI=1S/C16H23N5O2S/c1-11-6-7-14(10-12(11)2)21-16(18-19-20-21)24-13(3)15(22)17-8-5-9-23-4/h6-7,10,13H,5,8-9H2,1-4H3,(H,17,22). The normalized spacial score (nSPS) is 12.2. The fourth-order valence-corrected chi connectivity index (χ4v) is 2.89.